The summed E-state index contributed by atoms with van der Waals surface area (Å²) < 4.78 is 1.89. The summed E-state index contributed by atoms with van der Waals surface area (Å²) in [6.45, 7) is 9.57. The summed E-state index contributed by atoms with van der Waals surface area (Å²) in [5.74, 6) is 1.59. The lowest BCUT2D eigenvalue weighted by Crippen LogP contribution is -2.40. The zero-order valence-corrected chi connectivity index (χ0v) is 15.4. The molecule has 2 N–H and O–H groups in total. The standard InChI is InChI=1S/C16H24N6OS/c1-10-18-13-12(6-5-7-22(13)21-10)20-15(23)17-8-11-9-24-14(19-11)16(2,3)4/h9,12H,5-8H2,1-4H3,(H2,17,20,23)/t12-/m0/s1. The molecule has 2 amide bonds. The predicted molar refractivity (Wildman–Crippen MR) is 92.9 cm³/mol. The van der Waals surface area contributed by atoms with E-state index in [4.69, 9.17) is 0 Å². The smallest absolute Gasteiger partial charge is 0.315 e. The summed E-state index contributed by atoms with van der Waals surface area (Å²) in [6.07, 6.45) is 1.87. The molecule has 1 atom stereocenters. The van der Waals surface area contributed by atoms with Crippen molar-refractivity contribution < 1.29 is 4.79 Å². The molecule has 1 aliphatic heterocycles. The molecule has 0 radical (unpaired) electrons. The van der Waals surface area contributed by atoms with E-state index < -0.39 is 0 Å². The van der Waals surface area contributed by atoms with E-state index in [1.54, 1.807) is 11.3 Å². The lowest BCUT2D eigenvalue weighted by molar-refractivity contribution is 0.232. The molecule has 0 saturated heterocycles. The fraction of sp³-hybridized carbons (Fsp3) is 0.625. The molecule has 1 aliphatic rings. The van der Waals surface area contributed by atoms with Crippen molar-refractivity contribution >= 4 is 17.4 Å². The molecule has 8 heteroatoms. The number of hydrogen-bond acceptors (Lipinski definition) is 5. The van der Waals surface area contributed by atoms with Gasteiger partial charge in [-0.25, -0.2) is 19.4 Å². The first-order valence-corrected chi connectivity index (χ1v) is 9.11. The summed E-state index contributed by atoms with van der Waals surface area (Å²) in [4.78, 5) is 21.2. The van der Waals surface area contributed by atoms with Gasteiger partial charge in [-0.2, -0.15) is 5.10 Å². The third-order valence-corrected chi connectivity index (χ3v) is 5.23. The van der Waals surface area contributed by atoms with Crippen LogP contribution in [0, 0.1) is 6.92 Å². The minimum absolute atomic E-state index is 0.0369. The first-order valence-electron chi connectivity index (χ1n) is 8.23. The molecule has 0 fully saturated rings. The zero-order chi connectivity index (χ0) is 17.3. The number of thiazole rings is 1. The van der Waals surface area contributed by atoms with Gasteiger partial charge in [0.1, 0.15) is 11.6 Å². The zero-order valence-electron chi connectivity index (χ0n) is 14.6. The van der Waals surface area contributed by atoms with Gasteiger partial charge in [-0.3, -0.25) is 0 Å². The fourth-order valence-corrected chi connectivity index (χ4v) is 3.63. The van der Waals surface area contributed by atoms with Crippen LogP contribution in [0.25, 0.3) is 0 Å². The second kappa shape index (κ2) is 6.51. The van der Waals surface area contributed by atoms with E-state index in [1.165, 1.54) is 0 Å². The molecule has 0 spiro atoms. The summed E-state index contributed by atoms with van der Waals surface area (Å²) in [7, 11) is 0. The number of nitrogens with zero attached hydrogens (tertiary/aromatic N) is 4. The molecule has 2 aromatic rings. The van der Waals surface area contributed by atoms with Crippen LogP contribution in [0.5, 0.6) is 0 Å². The quantitative estimate of drug-likeness (QED) is 0.893. The van der Waals surface area contributed by atoms with Gasteiger partial charge in [0, 0.05) is 17.3 Å². The van der Waals surface area contributed by atoms with Gasteiger partial charge in [0.2, 0.25) is 0 Å². The second-order valence-corrected chi connectivity index (χ2v) is 8.01. The number of urea groups is 1. The van der Waals surface area contributed by atoms with Gasteiger partial charge < -0.3 is 10.6 Å². The van der Waals surface area contributed by atoms with Crippen LogP contribution in [0.15, 0.2) is 5.38 Å². The molecule has 0 bridgehead atoms. The molecule has 24 heavy (non-hydrogen) atoms. The van der Waals surface area contributed by atoms with E-state index in [2.05, 4.69) is 46.5 Å². The lowest BCUT2D eigenvalue weighted by Gasteiger charge is -2.23. The van der Waals surface area contributed by atoms with E-state index >= 15 is 0 Å². The Hall–Kier alpha value is -1.96. The van der Waals surface area contributed by atoms with Crippen molar-refractivity contribution in [3.8, 4) is 0 Å². The monoisotopic (exact) mass is 348 g/mol. The fourth-order valence-electron chi connectivity index (χ4n) is 2.72. The van der Waals surface area contributed by atoms with E-state index in [9.17, 15) is 4.79 Å². The molecule has 0 aromatic carbocycles. The third kappa shape index (κ3) is 3.75. The molecular formula is C16H24N6OS. The Morgan fingerprint density at radius 1 is 1.42 bits per heavy atom. The first-order chi connectivity index (χ1) is 11.3. The highest BCUT2D eigenvalue weighted by atomic mass is 32.1. The number of aryl methyl sites for hydroxylation is 2. The average Bonchev–Trinajstić information content (AvgIpc) is 3.10. The number of carbonyl (C=O) groups is 1. The Bertz CT molecular complexity index is 729. The van der Waals surface area contributed by atoms with Gasteiger partial charge in [0.15, 0.2) is 0 Å². The third-order valence-electron chi connectivity index (χ3n) is 3.91. The van der Waals surface area contributed by atoms with Crippen LogP contribution in [-0.4, -0.2) is 25.8 Å². The molecule has 0 saturated carbocycles. The van der Waals surface area contributed by atoms with E-state index in [1.807, 2.05) is 17.0 Å². The van der Waals surface area contributed by atoms with Crippen molar-refractivity contribution in [1.29, 1.82) is 0 Å². The SMILES string of the molecule is Cc1nc2n(n1)CCC[C@@H]2NC(=O)NCc1csc(C(C)(C)C)n1. The minimum Gasteiger partial charge on any atom is -0.332 e. The number of rotatable bonds is 3. The van der Waals surface area contributed by atoms with Crippen molar-refractivity contribution in [1.82, 2.24) is 30.4 Å². The number of aromatic nitrogens is 4. The highest BCUT2D eigenvalue weighted by molar-refractivity contribution is 7.09. The van der Waals surface area contributed by atoms with Gasteiger partial charge in [-0.05, 0) is 19.8 Å². The normalized spacial score (nSPS) is 17.4. The molecule has 130 valence electrons. The molecule has 7 nitrogen and oxygen atoms in total. The van der Waals surface area contributed by atoms with Crippen LogP contribution >= 0.6 is 11.3 Å². The number of fused-ring (bicyclic) bond motifs is 1. The second-order valence-electron chi connectivity index (χ2n) is 7.16. The molecular weight excluding hydrogens is 324 g/mol. The number of carbonyl (C=O) groups excluding carboxylic acids is 1. The Kier molecular flexibility index (Phi) is 4.58. The summed E-state index contributed by atoms with van der Waals surface area (Å²) in [6, 6.07) is -0.278. The maximum Gasteiger partial charge on any atom is 0.315 e. The molecule has 2 aromatic heterocycles. The van der Waals surface area contributed by atoms with E-state index in [-0.39, 0.29) is 17.5 Å². The minimum atomic E-state index is -0.195. The van der Waals surface area contributed by atoms with Crippen molar-refractivity contribution in [2.24, 2.45) is 0 Å². The summed E-state index contributed by atoms with van der Waals surface area (Å²) in [5, 5.41) is 13.3. The topological polar surface area (TPSA) is 84.7 Å². The van der Waals surface area contributed by atoms with Crippen LogP contribution in [0.4, 0.5) is 4.79 Å². The van der Waals surface area contributed by atoms with Crippen molar-refractivity contribution in [2.75, 3.05) is 0 Å². The average molecular weight is 348 g/mol. The van der Waals surface area contributed by atoms with Gasteiger partial charge >= 0.3 is 6.03 Å². The largest absolute Gasteiger partial charge is 0.332 e. The van der Waals surface area contributed by atoms with Gasteiger partial charge in [0.05, 0.1) is 23.3 Å². The van der Waals surface area contributed by atoms with E-state index in [0.29, 0.717) is 6.54 Å². The predicted octanol–water partition coefficient (Wildman–Crippen LogP) is 2.67. The van der Waals surface area contributed by atoms with Crippen LogP contribution < -0.4 is 10.6 Å². The first kappa shape index (κ1) is 16.9. The Balaban J connectivity index is 1.56. The summed E-state index contributed by atoms with van der Waals surface area (Å²) in [5.41, 5.74) is 0.928. The molecule has 3 rings (SSSR count). The van der Waals surface area contributed by atoms with E-state index in [0.717, 1.165) is 41.7 Å². The van der Waals surface area contributed by atoms with Crippen LogP contribution in [0.2, 0.25) is 0 Å². The Morgan fingerprint density at radius 3 is 2.92 bits per heavy atom. The number of amides is 2. The molecule has 0 aliphatic carbocycles. The number of nitrogens with one attached hydrogen (secondary N) is 2. The summed E-state index contributed by atoms with van der Waals surface area (Å²) >= 11 is 1.63. The molecule has 0 unspecified atom stereocenters. The Morgan fingerprint density at radius 2 is 2.21 bits per heavy atom. The Labute approximate surface area is 145 Å². The highest BCUT2D eigenvalue weighted by Gasteiger charge is 2.25. The van der Waals surface area contributed by atoms with Gasteiger partial charge in [-0.1, -0.05) is 20.8 Å². The molecule has 3 heterocycles. The number of hydrogen-bond donors (Lipinski definition) is 2. The highest BCUT2D eigenvalue weighted by Crippen LogP contribution is 2.25. The van der Waals surface area contributed by atoms with Crippen LogP contribution in [-0.2, 0) is 18.5 Å². The maximum atomic E-state index is 12.2. The van der Waals surface area contributed by atoms with Crippen molar-refractivity contribution in [3.63, 3.8) is 0 Å². The lowest BCUT2D eigenvalue weighted by atomic mass is 9.98. The van der Waals surface area contributed by atoms with Gasteiger partial charge in [0.25, 0.3) is 0 Å². The van der Waals surface area contributed by atoms with Crippen molar-refractivity contribution in [3.05, 3.63) is 27.7 Å². The van der Waals surface area contributed by atoms with Crippen molar-refractivity contribution in [2.45, 2.75) is 65.1 Å². The maximum absolute atomic E-state index is 12.2. The van der Waals surface area contributed by atoms with Crippen LogP contribution in [0.3, 0.4) is 0 Å². The van der Waals surface area contributed by atoms with Crippen LogP contribution in [0.1, 0.15) is 62.0 Å². The van der Waals surface area contributed by atoms with Gasteiger partial charge in [-0.15, -0.1) is 11.3 Å².